The van der Waals surface area contributed by atoms with E-state index in [0.29, 0.717) is 5.92 Å². The highest BCUT2D eigenvalue weighted by Gasteiger charge is 2.05. The first kappa shape index (κ1) is 12.1. The molecule has 1 rings (SSSR count). The minimum atomic E-state index is 0.157. The summed E-state index contributed by atoms with van der Waals surface area (Å²) in [6, 6.07) is 7.88. The van der Waals surface area contributed by atoms with E-state index in [0.717, 1.165) is 18.7 Å². The Bertz CT molecular complexity index is 279. The predicted octanol–water partition coefficient (Wildman–Crippen LogP) is 3.39. The van der Waals surface area contributed by atoms with Gasteiger partial charge in [0.1, 0.15) is 0 Å². The van der Waals surface area contributed by atoms with Crippen LogP contribution in [0.3, 0.4) is 0 Å². The fourth-order valence-corrected chi connectivity index (χ4v) is 1.34. The van der Waals surface area contributed by atoms with Gasteiger partial charge >= 0.3 is 0 Å². The molecule has 0 aliphatic carbocycles. The Morgan fingerprint density at radius 3 is 2.27 bits per heavy atom. The average molecular weight is 207 g/mol. The van der Waals surface area contributed by atoms with Crippen LogP contribution in [0.5, 0.6) is 0 Å². The van der Waals surface area contributed by atoms with Gasteiger partial charge in [-0.15, -0.1) is 0 Å². The molecule has 1 aromatic rings. The zero-order valence-electron chi connectivity index (χ0n) is 9.86. The number of hydrogen-bond acceptors (Lipinski definition) is 2. The molecule has 0 spiro atoms. The first-order valence-corrected chi connectivity index (χ1v) is 5.56. The highest BCUT2D eigenvalue weighted by atomic mass is 16.5. The first-order valence-electron chi connectivity index (χ1n) is 5.56. The highest BCUT2D eigenvalue weighted by molar-refractivity contribution is 5.39. The van der Waals surface area contributed by atoms with Crippen LogP contribution in [0.1, 0.15) is 38.9 Å². The van der Waals surface area contributed by atoms with Gasteiger partial charge in [0.05, 0.1) is 6.10 Å². The number of ether oxygens (including phenoxy) is 1. The van der Waals surface area contributed by atoms with Crippen LogP contribution in [0, 0.1) is 5.92 Å². The molecule has 2 nitrogen and oxygen atoms in total. The Kier molecular flexibility index (Phi) is 4.63. The SMILES string of the molecule is CC(C)CCOC(C)c1ccc(N)cc1. The molecule has 2 heteroatoms. The van der Waals surface area contributed by atoms with Crippen LogP contribution in [0.15, 0.2) is 24.3 Å². The van der Waals surface area contributed by atoms with Crippen LogP contribution in [0.2, 0.25) is 0 Å². The summed E-state index contributed by atoms with van der Waals surface area (Å²) in [5.41, 5.74) is 7.61. The van der Waals surface area contributed by atoms with Crippen molar-refractivity contribution in [3.63, 3.8) is 0 Å². The lowest BCUT2D eigenvalue weighted by Crippen LogP contribution is -2.04. The van der Waals surface area contributed by atoms with Gasteiger partial charge < -0.3 is 10.5 Å². The molecule has 84 valence electrons. The third kappa shape index (κ3) is 4.34. The van der Waals surface area contributed by atoms with E-state index < -0.39 is 0 Å². The molecule has 2 N–H and O–H groups in total. The maximum Gasteiger partial charge on any atom is 0.0796 e. The summed E-state index contributed by atoms with van der Waals surface area (Å²) in [4.78, 5) is 0. The lowest BCUT2D eigenvalue weighted by molar-refractivity contribution is 0.0583. The van der Waals surface area contributed by atoms with Gasteiger partial charge in [-0.2, -0.15) is 0 Å². The van der Waals surface area contributed by atoms with Crippen molar-refractivity contribution < 1.29 is 4.74 Å². The largest absolute Gasteiger partial charge is 0.399 e. The van der Waals surface area contributed by atoms with Crippen molar-refractivity contribution in [2.75, 3.05) is 12.3 Å². The Morgan fingerprint density at radius 2 is 1.73 bits per heavy atom. The topological polar surface area (TPSA) is 35.2 Å². The van der Waals surface area contributed by atoms with Crippen LogP contribution in [-0.2, 0) is 4.74 Å². The highest BCUT2D eigenvalue weighted by Crippen LogP contribution is 2.18. The minimum Gasteiger partial charge on any atom is -0.399 e. The van der Waals surface area contributed by atoms with E-state index in [1.54, 1.807) is 0 Å². The van der Waals surface area contributed by atoms with Crippen LogP contribution in [0.25, 0.3) is 0 Å². The zero-order valence-corrected chi connectivity index (χ0v) is 9.86. The molecule has 1 unspecified atom stereocenters. The van der Waals surface area contributed by atoms with Crippen molar-refractivity contribution in [3.8, 4) is 0 Å². The van der Waals surface area contributed by atoms with Crippen molar-refractivity contribution in [3.05, 3.63) is 29.8 Å². The number of benzene rings is 1. The maximum atomic E-state index is 5.74. The van der Waals surface area contributed by atoms with Gasteiger partial charge in [-0.3, -0.25) is 0 Å². The number of rotatable bonds is 5. The van der Waals surface area contributed by atoms with Gasteiger partial charge in [-0.1, -0.05) is 26.0 Å². The van der Waals surface area contributed by atoms with E-state index in [-0.39, 0.29) is 6.10 Å². The third-order valence-electron chi connectivity index (χ3n) is 2.47. The smallest absolute Gasteiger partial charge is 0.0796 e. The third-order valence-corrected chi connectivity index (χ3v) is 2.47. The molecule has 0 saturated heterocycles. The normalized spacial score (nSPS) is 13.1. The second-order valence-corrected chi connectivity index (χ2v) is 4.36. The fourth-order valence-electron chi connectivity index (χ4n) is 1.34. The van der Waals surface area contributed by atoms with Gasteiger partial charge in [0, 0.05) is 12.3 Å². The monoisotopic (exact) mass is 207 g/mol. The lowest BCUT2D eigenvalue weighted by Gasteiger charge is -2.14. The number of anilines is 1. The summed E-state index contributed by atoms with van der Waals surface area (Å²) in [5.74, 6) is 0.698. The molecule has 0 aliphatic heterocycles. The molecular weight excluding hydrogens is 186 g/mol. The van der Waals surface area contributed by atoms with Crippen LogP contribution in [0.4, 0.5) is 5.69 Å². The number of hydrogen-bond donors (Lipinski definition) is 1. The van der Waals surface area contributed by atoms with E-state index in [1.165, 1.54) is 5.56 Å². The molecule has 0 fully saturated rings. The number of nitrogen functional groups attached to an aromatic ring is 1. The zero-order chi connectivity index (χ0) is 11.3. The van der Waals surface area contributed by atoms with E-state index in [9.17, 15) is 0 Å². The molecule has 0 saturated carbocycles. The fraction of sp³-hybridized carbons (Fsp3) is 0.538. The summed E-state index contributed by atoms with van der Waals surface area (Å²) in [7, 11) is 0. The molecule has 0 aliphatic rings. The quantitative estimate of drug-likeness (QED) is 0.751. The Labute approximate surface area is 92.4 Å². The van der Waals surface area contributed by atoms with Crippen molar-refractivity contribution in [1.82, 2.24) is 0 Å². The lowest BCUT2D eigenvalue weighted by atomic mass is 10.1. The first-order chi connectivity index (χ1) is 7.09. The number of nitrogens with two attached hydrogens (primary N) is 1. The van der Waals surface area contributed by atoms with Crippen molar-refractivity contribution in [1.29, 1.82) is 0 Å². The predicted molar refractivity (Wildman–Crippen MR) is 64.7 cm³/mol. The summed E-state index contributed by atoms with van der Waals surface area (Å²) >= 11 is 0. The summed E-state index contributed by atoms with van der Waals surface area (Å²) in [6.45, 7) is 7.31. The molecular formula is C13H21NO. The van der Waals surface area contributed by atoms with E-state index >= 15 is 0 Å². The Morgan fingerprint density at radius 1 is 1.13 bits per heavy atom. The van der Waals surface area contributed by atoms with Gasteiger partial charge in [-0.05, 0) is 37.0 Å². The summed E-state index contributed by atoms with van der Waals surface area (Å²) in [5, 5.41) is 0. The van der Waals surface area contributed by atoms with Gasteiger partial charge in [0.15, 0.2) is 0 Å². The van der Waals surface area contributed by atoms with Crippen molar-refractivity contribution in [2.45, 2.75) is 33.3 Å². The van der Waals surface area contributed by atoms with Crippen LogP contribution in [-0.4, -0.2) is 6.61 Å². The summed E-state index contributed by atoms with van der Waals surface area (Å²) < 4.78 is 5.74. The Balaban J connectivity index is 2.40. The Hall–Kier alpha value is -1.02. The minimum absolute atomic E-state index is 0.157. The molecule has 1 aromatic carbocycles. The van der Waals surface area contributed by atoms with Crippen molar-refractivity contribution in [2.24, 2.45) is 5.92 Å². The molecule has 0 aromatic heterocycles. The molecule has 0 radical (unpaired) electrons. The van der Waals surface area contributed by atoms with E-state index in [2.05, 4.69) is 20.8 Å². The second kappa shape index (κ2) is 5.76. The van der Waals surface area contributed by atoms with Gasteiger partial charge in [0.2, 0.25) is 0 Å². The molecule has 1 atom stereocenters. The van der Waals surface area contributed by atoms with E-state index in [1.807, 2.05) is 24.3 Å². The van der Waals surface area contributed by atoms with Gasteiger partial charge in [0.25, 0.3) is 0 Å². The van der Waals surface area contributed by atoms with Crippen LogP contribution >= 0.6 is 0 Å². The second-order valence-electron chi connectivity index (χ2n) is 4.36. The average Bonchev–Trinajstić information content (AvgIpc) is 2.18. The molecule has 0 heterocycles. The maximum absolute atomic E-state index is 5.74. The van der Waals surface area contributed by atoms with Crippen LogP contribution < -0.4 is 5.73 Å². The van der Waals surface area contributed by atoms with E-state index in [4.69, 9.17) is 10.5 Å². The standard InChI is InChI=1S/C13H21NO/c1-10(2)8-9-15-11(3)12-4-6-13(14)7-5-12/h4-7,10-11H,8-9,14H2,1-3H3. The van der Waals surface area contributed by atoms with Crippen molar-refractivity contribution >= 4 is 5.69 Å². The summed E-state index contributed by atoms with van der Waals surface area (Å²) in [6.07, 6.45) is 1.27. The molecule has 15 heavy (non-hydrogen) atoms. The molecule has 0 bridgehead atoms. The van der Waals surface area contributed by atoms with Gasteiger partial charge in [-0.25, -0.2) is 0 Å². The molecule has 0 amide bonds.